The normalized spacial score (nSPS) is 10.4. The Labute approximate surface area is 124 Å². The Morgan fingerprint density at radius 2 is 2.14 bits per heavy atom. The van der Waals surface area contributed by atoms with E-state index in [9.17, 15) is 13.2 Å². The molecule has 0 heterocycles. The molecule has 7 heteroatoms. The Kier molecular flexibility index (Phi) is 6.21. The molecule has 21 heavy (non-hydrogen) atoms. The van der Waals surface area contributed by atoms with E-state index in [0.29, 0.717) is 11.3 Å². The number of anilines is 1. The van der Waals surface area contributed by atoms with Crippen molar-refractivity contribution in [3.63, 3.8) is 0 Å². The summed E-state index contributed by atoms with van der Waals surface area (Å²) in [6.45, 7) is 2.06. The molecule has 6 nitrogen and oxygen atoms in total. The van der Waals surface area contributed by atoms with Gasteiger partial charge in [0.05, 0.1) is 31.5 Å². The smallest absolute Gasteiger partial charge is 0.306 e. The fourth-order valence-corrected chi connectivity index (χ4v) is 2.59. The number of nitrogens with two attached hydrogens (primary N) is 1. The van der Waals surface area contributed by atoms with E-state index < -0.39 is 16.0 Å². The number of hydrogen-bond donors (Lipinski definition) is 2. The summed E-state index contributed by atoms with van der Waals surface area (Å²) in [6.07, 6.45) is -0.207. The number of carbonyl (C=O) groups excluding carboxylic acids is 1. The maximum atomic E-state index is 11.9. The second kappa shape index (κ2) is 7.67. The molecular weight excluding hydrogens is 292 g/mol. The summed E-state index contributed by atoms with van der Waals surface area (Å²) in [7, 11) is -2.44. The van der Waals surface area contributed by atoms with E-state index in [1.807, 2.05) is 6.92 Å². The molecule has 114 valence electrons. The van der Waals surface area contributed by atoms with Gasteiger partial charge >= 0.3 is 5.97 Å². The van der Waals surface area contributed by atoms with Gasteiger partial charge in [-0.05, 0) is 24.6 Å². The number of carbonyl (C=O) groups is 1. The standard InChI is InChI=1S/C14H18N2O4S/c1-11-5-6-13(12(10-11)4-3-8-15)16-21(18,19)9-7-14(17)20-2/h5-6,10,16H,7-9,15H2,1-2H3. The van der Waals surface area contributed by atoms with Crippen molar-refractivity contribution in [2.24, 2.45) is 5.73 Å². The fourth-order valence-electron chi connectivity index (χ4n) is 1.54. The predicted molar refractivity (Wildman–Crippen MR) is 81.2 cm³/mol. The van der Waals surface area contributed by atoms with Crippen LogP contribution in [-0.4, -0.2) is 33.8 Å². The minimum atomic E-state index is -3.65. The molecule has 1 aromatic carbocycles. The van der Waals surface area contributed by atoms with E-state index in [-0.39, 0.29) is 18.7 Å². The molecule has 0 atom stereocenters. The Balaban J connectivity index is 2.93. The average molecular weight is 310 g/mol. The third-order valence-electron chi connectivity index (χ3n) is 2.57. The summed E-state index contributed by atoms with van der Waals surface area (Å²) in [4.78, 5) is 11.0. The number of rotatable bonds is 5. The van der Waals surface area contributed by atoms with Crippen LogP contribution in [0.4, 0.5) is 5.69 Å². The molecule has 0 saturated heterocycles. The lowest BCUT2D eigenvalue weighted by atomic mass is 10.1. The van der Waals surface area contributed by atoms with Gasteiger partial charge in [-0.15, -0.1) is 0 Å². The molecule has 0 unspecified atom stereocenters. The van der Waals surface area contributed by atoms with Crippen LogP contribution in [0.25, 0.3) is 0 Å². The zero-order valence-corrected chi connectivity index (χ0v) is 12.8. The van der Waals surface area contributed by atoms with Gasteiger partial charge in [0.1, 0.15) is 0 Å². The predicted octanol–water partition coefficient (Wildman–Crippen LogP) is 0.610. The van der Waals surface area contributed by atoms with Crippen molar-refractivity contribution in [2.75, 3.05) is 24.1 Å². The summed E-state index contributed by atoms with van der Waals surface area (Å²) < 4.78 is 30.7. The number of esters is 1. The number of benzene rings is 1. The van der Waals surface area contributed by atoms with Crippen molar-refractivity contribution in [2.45, 2.75) is 13.3 Å². The summed E-state index contributed by atoms with van der Waals surface area (Å²) in [5, 5.41) is 0. The minimum absolute atomic E-state index is 0.183. The van der Waals surface area contributed by atoms with Crippen LogP contribution in [0.2, 0.25) is 0 Å². The molecule has 0 spiro atoms. The first kappa shape index (κ1) is 17.0. The molecule has 0 aliphatic heterocycles. The zero-order chi connectivity index (χ0) is 15.9. The molecular formula is C14H18N2O4S. The lowest BCUT2D eigenvalue weighted by Gasteiger charge is -2.10. The molecule has 0 aliphatic rings. The Morgan fingerprint density at radius 1 is 1.43 bits per heavy atom. The topological polar surface area (TPSA) is 98.5 Å². The molecule has 0 radical (unpaired) electrons. The van der Waals surface area contributed by atoms with Crippen LogP contribution < -0.4 is 10.5 Å². The van der Waals surface area contributed by atoms with E-state index in [4.69, 9.17) is 5.73 Å². The van der Waals surface area contributed by atoms with Gasteiger partial charge < -0.3 is 10.5 Å². The second-order valence-corrected chi connectivity index (χ2v) is 6.14. The number of ether oxygens (including phenoxy) is 1. The highest BCUT2D eigenvalue weighted by atomic mass is 32.2. The first-order chi connectivity index (χ1) is 9.88. The van der Waals surface area contributed by atoms with Crippen LogP contribution in [0.3, 0.4) is 0 Å². The Morgan fingerprint density at radius 3 is 2.76 bits per heavy atom. The fraction of sp³-hybridized carbons (Fsp3) is 0.357. The summed E-state index contributed by atoms with van der Waals surface area (Å²) in [6, 6.07) is 5.16. The number of aryl methyl sites for hydroxylation is 1. The van der Waals surface area contributed by atoms with Crippen molar-refractivity contribution in [3.05, 3.63) is 29.3 Å². The lowest BCUT2D eigenvalue weighted by molar-refractivity contribution is -0.140. The molecule has 0 fully saturated rings. The maximum Gasteiger partial charge on any atom is 0.306 e. The van der Waals surface area contributed by atoms with Crippen molar-refractivity contribution in [1.29, 1.82) is 0 Å². The number of hydrogen-bond acceptors (Lipinski definition) is 5. The van der Waals surface area contributed by atoms with Crippen LogP contribution in [0.5, 0.6) is 0 Å². The highest BCUT2D eigenvalue weighted by Crippen LogP contribution is 2.18. The van der Waals surface area contributed by atoms with E-state index in [0.717, 1.165) is 5.56 Å². The molecule has 0 aliphatic carbocycles. The van der Waals surface area contributed by atoms with Crippen molar-refractivity contribution >= 4 is 21.7 Å². The number of sulfonamides is 1. The van der Waals surface area contributed by atoms with Crippen molar-refractivity contribution in [3.8, 4) is 11.8 Å². The third-order valence-corrected chi connectivity index (χ3v) is 3.84. The highest BCUT2D eigenvalue weighted by Gasteiger charge is 2.15. The number of nitrogens with one attached hydrogen (secondary N) is 1. The molecule has 0 amide bonds. The molecule has 1 rings (SSSR count). The van der Waals surface area contributed by atoms with Gasteiger partial charge in [0.25, 0.3) is 0 Å². The quantitative estimate of drug-likeness (QED) is 0.613. The highest BCUT2D eigenvalue weighted by molar-refractivity contribution is 7.92. The summed E-state index contributed by atoms with van der Waals surface area (Å²) in [5.74, 6) is 4.58. The van der Waals surface area contributed by atoms with E-state index in [2.05, 4.69) is 21.3 Å². The lowest BCUT2D eigenvalue weighted by Crippen LogP contribution is -2.20. The van der Waals surface area contributed by atoms with Gasteiger partial charge in [-0.25, -0.2) is 8.42 Å². The summed E-state index contributed by atoms with van der Waals surface area (Å²) in [5.41, 5.74) is 7.19. The van der Waals surface area contributed by atoms with Gasteiger partial charge in [0.2, 0.25) is 10.0 Å². The monoisotopic (exact) mass is 310 g/mol. The van der Waals surface area contributed by atoms with Gasteiger partial charge in [-0.3, -0.25) is 9.52 Å². The molecule has 3 N–H and O–H groups in total. The summed E-state index contributed by atoms with van der Waals surface area (Å²) >= 11 is 0. The minimum Gasteiger partial charge on any atom is -0.469 e. The van der Waals surface area contributed by atoms with Crippen LogP contribution in [-0.2, 0) is 19.6 Å². The Bertz CT molecular complexity index is 672. The van der Waals surface area contributed by atoms with Gasteiger partial charge in [0.15, 0.2) is 0 Å². The van der Waals surface area contributed by atoms with Crippen LogP contribution >= 0.6 is 0 Å². The molecule has 0 saturated carbocycles. The average Bonchev–Trinajstić information content (AvgIpc) is 2.44. The SMILES string of the molecule is COC(=O)CCS(=O)(=O)Nc1ccc(C)cc1C#CCN. The third kappa shape index (κ3) is 5.85. The van der Waals surface area contributed by atoms with Crippen LogP contribution in [0.1, 0.15) is 17.5 Å². The van der Waals surface area contributed by atoms with Crippen molar-refractivity contribution in [1.82, 2.24) is 0 Å². The van der Waals surface area contributed by atoms with Gasteiger partial charge in [-0.1, -0.05) is 17.9 Å². The van der Waals surface area contributed by atoms with E-state index in [1.54, 1.807) is 18.2 Å². The van der Waals surface area contributed by atoms with E-state index in [1.165, 1.54) is 7.11 Å². The Hall–Kier alpha value is -2.04. The second-order valence-electron chi connectivity index (χ2n) is 4.30. The zero-order valence-electron chi connectivity index (χ0n) is 12.0. The molecule has 1 aromatic rings. The first-order valence-electron chi connectivity index (χ1n) is 6.25. The van der Waals surface area contributed by atoms with Crippen LogP contribution in [0.15, 0.2) is 18.2 Å². The largest absolute Gasteiger partial charge is 0.469 e. The van der Waals surface area contributed by atoms with Gasteiger partial charge in [-0.2, -0.15) is 0 Å². The first-order valence-corrected chi connectivity index (χ1v) is 7.90. The number of methoxy groups -OCH3 is 1. The molecule has 0 aromatic heterocycles. The van der Waals surface area contributed by atoms with E-state index >= 15 is 0 Å². The van der Waals surface area contributed by atoms with Crippen LogP contribution in [0, 0.1) is 18.8 Å². The molecule has 0 bridgehead atoms. The van der Waals surface area contributed by atoms with Crippen molar-refractivity contribution < 1.29 is 17.9 Å². The van der Waals surface area contributed by atoms with Gasteiger partial charge in [0, 0.05) is 5.56 Å². The maximum absolute atomic E-state index is 11.9.